The molecule has 0 saturated heterocycles. The Morgan fingerprint density at radius 1 is 0.318 bits per heavy atom. The number of ether oxygens (including phenoxy) is 3. The van der Waals surface area contributed by atoms with Crippen molar-refractivity contribution in [2.75, 3.05) is 13.2 Å². The summed E-state index contributed by atoms with van der Waals surface area (Å²) in [5.74, 6) is -1.08. The first-order valence-corrected chi connectivity index (χ1v) is 26.9. The molecule has 0 aliphatic rings. The third-order valence-electron chi connectivity index (χ3n) is 11.1. The lowest BCUT2D eigenvalue weighted by Crippen LogP contribution is -2.30. The minimum Gasteiger partial charge on any atom is -0.462 e. The Hall–Kier alpha value is -3.93. The van der Waals surface area contributed by atoms with Gasteiger partial charge >= 0.3 is 17.9 Å². The summed E-state index contributed by atoms with van der Waals surface area (Å²) >= 11 is 0. The van der Waals surface area contributed by atoms with E-state index in [4.69, 9.17) is 14.2 Å². The monoisotopic (exact) mass is 915 g/mol. The average Bonchev–Trinajstić information content (AvgIpc) is 3.31. The fourth-order valence-electron chi connectivity index (χ4n) is 6.99. The molecule has 1 atom stereocenters. The van der Waals surface area contributed by atoms with E-state index in [1.54, 1.807) is 0 Å². The molecule has 66 heavy (non-hydrogen) atoms. The maximum absolute atomic E-state index is 12.8. The van der Waals surface area contributed by atoms with Crippen LogP contribution in [-0.4, -0.2) is 37.2 Å². The maximum Gasteiger partial charge on any atom is 0.306 e. The van der Waals surface area contributed by atoms with Gasteiger partial charge in [0.15, 0.2) is 6.10 Å². The average molecular weight is 915 g/mol. The number of hydrogen-bond acceptors (Lipinski definition) is 6. The van der Waals surface area contributed by atoms with E-state index in [-0.39, 0.29) is 44.0 Å². The second-order valence-corrected chi connectivity index (χ2v) is 17.5. The molecule has 0 radical (unpaired) electrons. The molecule has 0 saturated carbocycles. The maximum atomic E-state index is 12.8. The molecule has 0 spiro atoms. The van der Waals surface area contributed by atoms with Crippen LogP contribution in [0, 0.1) is 0 Å². The summed E-state index contributed by atoms with van der Waals surface area (Å²) in [4.78, 5) is 38.0. The first-order chi connectivity index (χ1) is 32.5. The van der Waals surface area contributed by atoms with Gasteiger partial charge in [-0.2, -0.15) is 0 Å². The van der Waals surface area contributed by atoms with Gasteiger partial charge < -0.3 is 14.2 Å². The van der Waals surface area contributed by atoms with Crippen molar-refractivity contribution in [1.82, 2.24) is 0 Å². The fraction of sp³-hybridized carbons (Fsp3) is 0.650. The topological polar surface area (TPSA) is 78.9 Å². The first-order valence-electron chi connectivity index (χ1n) is 26.9. The highest BCUT2D eigenvalue weighted by molar-refractivity contribution is 5.71. The molecule has 1 unspecified atom stereocenters. The number of carbonyl (C=O) groups excluding carboxylic acids is 3. The summed E-state index contributed by atoms with van der Waals surface area (Å²) in [7, 11) is 0. The zero-order valence-electron chi connectivity index (χ0n) is 42.7. The van der Waals surface area contributed by atoms with Gasteiger partial charge in [0.1, 0.15) is 13.2 Å². The molecule has 374 valence electrons. The van der Waals surface area contributed by atoms with Gasteiger partial charge in [0.2, 0.25) is 0 Å². The van der Waals surface area contributed by atoms with E-state index in [1.165, 1.54) is 103 Å². The third kappa shape index (κ3) is 51.1. The smallest absolute Gasteiger partial charge is 0.306 e. The van der Waals surface area contributed by atoms with Crippen LogP contribution < -0.4 is 0 Å². The largest absolute Gasteiger partial charge is 0.462 e. The quantitative estimate of drug-likeness (QED) is 0.0199. The Kier molecular flexibility index (Phi) is 50.5. The van der Waals surface area contributed by atoms with Crippen molar-refractivity contribution in [2.24, 2.45) is 0 Å². The molecular weight excluding hydrogens is 817 g/mol. The van der Waals surface area contributed by atoms with Crippen LogP contribution in [0.15, 0.2) is 109 Å². The van der Waals surface area contributed by atoms with Crippen molar-refractivity contribution in [3.63, 3.8) is 0 Å². The lowest BCUT2D eigenvalue weighted by atomic mass is 10.1. The third-order valence-corrected chi connectivity index (χ3v) is 11.1. The fourth-order valence-corrected chi connectivity index (χ4v) is 6.99. The highest BCUT2D eigenvalue weighted by Gasteiger charge is 2.19. The number of allylic oxidation sites excluding steroid dienone is 18. The highest BCUT2D eigenvalue weighted by atomic mass is 16.6. The van der Waals surface area contributed by atoms with E-state index in [2.05, 4.69) is 124 Å². The van der Waals surface area contributed by atoms with Crippen LogP contribution in [0.2, 0.25) is 0 Å². The van der Waals surface area contributed by atoms with Gasteiger partial charge in [-0.1, -0.05) is 226 Å². The van der Waals surface area contributed by atoms with Crippen molar-refractivity contribution >= 4 is 17.9 Å². The van der Waals surface area contributed by atoms with Crippen molar-refractivity contribution in [3.05, 3.63) is 109 Å². The van der Waals surface area contributed by atoms with Gasteiger partial charge in [0.25, 0.3) is 0 Å². The highest BCUT2D eigenvalue weighted by Crippen LogP contribution is 2.12. The number of hydrogen-bond donors (Lipinski definition) is 0. The van der Waals surface area contributed by atoms with Crippen LogP contribution in [0.1, 0.15) is 233 Å². The van der Waals surface area contributed by atoms with E-state index in [0.29, 0.717) is 19.3 Å². The molecule has 0 aromatic carbocycles. The zero-order valence-corrected chi connectivity index (χ0v) is 42.7. The second kappa shape index (κ2) is 53.7. The minimum atomic E-state index is -0.839. The number of unbranched alkanes of at least 4 members (excludes halogenated alkanes) is 21. The van der Waals surface area contributed by atoms with Gasteiger partial charge in [-0.05, 0) is 96.3 Å². The molecule has 0 aromatic rings. The Morgan fingerprint density at radius 2 is 0.652 bits per heavy atom. The van der Waals surface area contributed by atoms with Gasteiger partial charge in [-0.25, -0.2) is 0 Å². The lowest BCUT2D eigenvalue weighted by Gasteiger charge is -2.18. The molecule has 6 nitrogen and oxygen atoms in total. The molecule has 0 aliphatic heterocycles. The molecule has 0 rings (SSSR count). The lowest BCUT2D eigenvalue weighted by molar-refractivity contribution is -0.166. The Bertz CT molecular complexity index is 1370. The van der Waals surface area contributed by atoms with Crippen molar-refractivity contribution in [2.45, 2.75) is 239 Å². The molecule has 0 fully saturated rings. The Labute approximate surface area is 406 Å². The Balaban J connectivity index is 4.58. The van der Waals surface area contributed by atoms with Crippen molar-refractivity contribution in [3.8, 4) is 0 Å². The van der Waals surface area contributed by atoms with Crippen LogP contribution >= 0.6 is 0 Å². The van der Waals surface area contributed by atoms with Gasteiger partial charge in [0, 0.05) is 19.3 Å². The minimum absolute atomic E-state index is 0.129. The molecule has 0 aromatic heterocycles. The van der Waals surface area contributed by atoms with Gasteiger partial charge in [-0.3, -0.25) is 14.4 Å². The first kappa shape index (κ1) is 62.1. The van der Waals surface area contributed by atoms with E-state index in [0.717, 1.165) is 77.0 Å². The van der Waals surface area contributed by atoms with Crippen LogP contribution in [0.5, 0.6) is 0 Å². The second-order valence-electron chi connectivity index (χ2n) is 17.5. The van der Waals surface area contributed by atoms with E-state index < -0.39 is 6.10 Å². The predicted octanol–water partition coefficient (Wildman–Crippen LogP) is 17.9. The summed E-state index contributed by atoms with van der Waals surface area (Å²) in [6.45, 7) is 6.46. The van der Waals surface area contributed by atoms with Crippen LogP contribution in [0.25, 0.3) is 0 Å². The normalized spacial score (nSPS) is 13.0. The molecule has 0 N–H and O–H groups in total. The molecular formula is C60H98O6. The summed E-state index contributed by atoms with van der Waals surface area (Å²) in [5.41, 5.74) is 0. The number of rotatable bonds is 47. The summed E-state index contributed by atoms with van der Waals surface area (Å²) in [6, 6.07) is 0. The van der Waals surface area contributed by atoms with Crippen LogP contribution in [0.3, 0.4) is 0 Å². The standard InChI is InChI=1S/C60H98O6/c1-4-7-10-13-16-19-22-25-27-29-31-32-35-38-41-44-47-50-53-59(62)65-56-57(55-64-58(61)52-49-46-43-40-37-34-24-21-18-15-12-9-6-3)66-60(63)54-51-48-45-42-39-36-33-30-28-26-23-20-17-14-11-8-5-2/h16,19,22,25-29,31-34,36-37,42-43,45-46,57H,4-15,17-18,20-21,23-24,30,35,38-41,44,47-56H2,1-3H3/b19-16-,25-22-,28-26-,29-27-,32-31-,36-33-,37-34-,45-42-,46-43-. The van der Waals surface area contributed by atoms with Crippen molar-refractivity contribution < 1.29 is 28.6 Å². The van der Waals surface area contributed by atoms with Crippen molar-refractivity contribution in [1.29, 1.82) is 0 Å². The van der Waals surface area contributed by atoms with Gasteiger partial charge in [0.05, 0.1) is 0 Å². The number of esters is 3. The zero-order chi connectivity index (χ0) is 47.9. The van der Waals surface area contributed by atoms with Crippen LogP contribution in [0.4, 0.5) is 0 Å². The number of carbonyl (C=O) groups is 3. The van der Waals surface area contributed by atoms with E-state index >= 15 is 0 Å². The van der Waals surface area contributed by atoms with E-state index in [1.807, 2.05) is 6.08 Å². The summed E-state index contributed by atoms with van der Waals surface area (Å²) in [6.07, 6.45) is 72.3. The summed E-state index contributed by atoms with van der Waals surface area (Å²) in [5, 5.41) is 0. The van der Waals surface area contributed by atoms with Gasteiger partial charge in [-0.15, -0.1) is 0 Å². The molecule has 0 aliphatic carbocycles. The molecule has 6 heteroatoms. The molecule has 0 heterocycles. The van der Waals surface area contributed by atoms with Crippen LogP contribution in [-0.2, 0) is 28.6 Å². The predicted molar refractivity (Wildman–Crippen MR) is 283 cm³/mol. The van der Waals surface area contributed by atoms with E-state index in [9.17, 15) is 14.4 Å². The Morgan fingerprint density at radius 3 is 1.15 bits per heavy atom. The molecule has 0 bridgehead atoms. The summed E-state index contributed by atoms with van der Waals surface area (Å²) < 4.78 is 16.7. The molecule has 0 amide bonds. The SMILES string of the molecule is CCCCC\C=C/C=C\C=C/C=C\CCCCCCCC(=O)OCC(COC(=O)CC/C=C\C/C=C\CCCCCCCC)OC(=O)CCC/C=C\C/C=C\C/C=C\CCCCCCCC.